The lowest BCUT2D eigenvalue weighted by atomic mass is 10.3. The molecule has 0 aliphatic rings. The summed E-state index contributed by atoms with van der Waals surface area (Å²) in [6.07, 6.45) is 0.943. The highest BCUT2D eigenvalue weighted by atomic mass is 16.5. The van der Waals surface area contributed by atoms with Crippen LogP contribution in [0.25, 0.3) is 0 Å². The molecule has 0 saturated heterocycles. The van der Waals surface area contributed by atoms with Gasteiger partial charge in [0.1, 0.15) is 5.75 Å². The number of nitrogens with one attached hydrogen (secondary N) is 1. The van der Waals surface area contributed by atoms with Crippen LogP contribution in [-0.4, -0.2) is 31.4 Å². The van der Waals surface area contributed by atoms with Crippen molar-refractivity contribution in [1.82, 2.24) is 5.32 Å². The lowest BCUT2D eigenvalue weighted by Gasteiger charge is -2.05. The van der Waals surface area contributed by atoms with Crippen molar-refractivity contribution in [3.63, 3.8) is 0 Å². The Hall–Kier alpha value is -1.06. The van der Waals surface area contributed by atoms with E-state index in [1.54, 1.807) is 0 Å². The van der Waals surface area contributed by atoms with Gasteiger partial charge in [-0.2, -0.15) is 0 Å². The highest BCUT2D eigenvalue weighted by molar-refractivity contribution is 5.20. The lowest BCUT2D eigenvalue weighted by molar-refractivity contribution is 0.282. The molecule has 0 fully saturated rings. The zero-order chi connectivity index (χ0) is 10.1. The van der Waals surface area contributed by atoms with Crippen molar-refractivity contribution >= 4 is 0 Å². The summed E-state index contributed by atoms with van der Waals surface area (Å²) in [5, 5.41) is 11.6. The zero-order valence-electron chi connectivity index (χ0n) is 8.20. The van der Waals surface area contributed by atoms with Crippen molar-refractivity contribution in [3.8, 4) is 5.75 Å². The van der Waals surface area contributed by atoms with Gasteiger partial charge in [-0.05, 0) is 31.2 Å². The third kappa shape index (κ3) is 4.84. The molecule has 0 heterocycles. The normalized spacial score (nSPS) is 10.1. The average Bonchev–Trinajstić information content (AvgIpc) is 2.25. The molecular formula is C11H16NO2. The number of hydrogen-bond donors (Lipinski definition) is 2. The molecule has 0 saturated carbocycles. The topological polar surface area (TPSA) is 41.5 Å². The quantitative estimate of drug-likeness (QED) is 0.632. The van der Waals surface area contributed by atoms with E-state index in [0.717, 1.165) is 18.7 Å². The van der Waals surface area contributed by atoms with Gasteiger partial charge in [-0.25, -0.2) is 0 Å². The van der Waals surface area contributed by atoms with E-state index in [2.05, 4.69) is 11.4 Å². The number of hydrogen-bond acceptors (Lipinski definition) is 3. The van der Waals surface area contributed by atoms with Gasteiger partial charge in [0.05, 0.1) is 13.2 Å². The molecule has 0 aromatic heterocycles. The fourth-order valence-electron chi connectivity index (χ4n) is 1.06. The summed E-state index contributed by atoms with van der Waals surface area (Å²) in [6.45, 7) is 2.41. The predicted molar refractivity (Wildman–Crippen MR) is 55.3 cm³/mol. The van der Waals surface area contributed by atoms with E-state index in [1.807, 2.05) is 24.3 Å². The van der Waals surface area contributed by atoms with E-state index in [0.29, 0.717) is 13.2 Å². The van der Waals surface area contributed by atoms with Crippen LogP contribution in [0.3, 0.4) is 0 Å². The molecule has 0 atom stereocenters. The predicted octanol–water partition coefficient (Wildman–Crippen LogP) is 0.838. The highest BCUT2D eigenvalue weighted by Crippen LogP contribution is 2.07. The van der Waals surface area contributed by atoms with E-state index in [9.17, 15) is 0 Å². The minimum Gasteiger partial charge on any atom is -0.494 e. The zero-order valence-corrected chi connectivity index (χ0v) is 8.20. The molecule has 0 amide bonds. The van der Waals surface area contributed by atoms with Crippen molar-refractivity contribution < 1.29 is 9.84 Å². The van der Waals surface area contributed by atoms with E-state index in [4.69, 9.17) is 9.84 Å². The van der Waals surface area contributed by atoms with Crippen LogP contribution in [0.5, 0.6) is 5.75 Å². The van der Waals surface area contributed by atoms with Crippen molar-refractivity contribution in [2.24, 2.45) is 0 Å². The van der Waals surface area contributed by atoms with Crippen molar-refractivity contribution in [1.29, 1.82) is 0 Å². The first-order valence-electron chi connectivity index (χ1n) is 4.84. The summed E-state index contributed by atoms with van der Waals surface area (Å²) in [5.41, 5.74) is 0. The molecule has 0 bridgehead atoms. The van der Waals surface area contributed by atoms with Crippen LogP contribution < -0.4 is 10.1 Å². The van der Waals surface area contributed by atoms with Crippen molar-refractivity contribution in [2.75, 3.05) is 26.3 Å². The molecule has 14 heavy (non-hydrogen) atoms. The Morgan fingerprint density at radius 3 is 2.79 bits per heavy atom. The monoisotopic (exact) mass is 194 g/mol. The van der Waals surface area contributed by atoms with E-state index < -0.39 is 0 Å². The van der Waals surface area contributed by atoms with E-state index >= 15 is 0 Å². The van der Waals surface area contributed by atoms with Crippen LogP contribution in [-0.2, 0) is 0 Å². The molecule has 3 nitrogen and oxygen atoms in total. The SMILES string of the molecule is OCCNCCCOc1cc[c]cc1. The third-order valence-corrected chi connectivity index (χ3v) is 1.74. The number of aliphatic hydroxyl groups is 1. The number of aliphatic hydroxyl groups excluding tert-OH is 1. The fraction of sp³-hybridized carbons (Fsp3) is 0.455. The first kappa shape index (κ1) is 11.0. The van der Waals surface area contributed by atoms with Crippen LogP contribution in [0.1, 0.15) is 6.42 Å². The minimum absolute atomic E-state index is 0.190. The standard InChI is InChI=1S/C11H16NO2/c13-9-8-12-7-4-10-14-11-5-2-1-3-6-11/h2-3,5-6,12-13H,4,7-10H2. The van der Waals surface area contributed by atoms with E-state index in [-0.39, 0.29) is 6.61 Å². The molecule has 0 aliphatic carbocycles. The molecule has 77 valence electrons. The lowest BCUT2D eigenvalue weighted by Crippen LogP contribution is -2.20. The number of ether oxygens (including phenoxy) is 1. The van der Waals surface area contributed by atoms with Gasteiger partial charge in [-0.15, -0.1) is 0 Å². The van der Waals surface area contributed by atoms with Crippen molar-refractivity contribution in [2.45, 2.75) is 6.42 Å². The van der Waals surface area contributed by atoms with Crippen LogP contribution in [0.4, 0.5) is 0 Å². The van der Waals surface area contributed by atoms with Gasteiger partial charge in [0, 0.05) is 6.54 Å². The Kier molecular flexibility index (Phi) is 5.79. The van der Waals surface area contributed by atoms with Gasteiger partial charge in [0.15, 0.2) is 0 Å². The molecular weight excluding hydrogens is 178 g/mol. The maximum absolute atomic E-state index is 8.50. The maximum atomic E-state index is 8.50. The van der Waals surface area contributed by atoms with Gasteiger partial charge in [-0.1, -0.05) is 12.1 Å². The maximum Gasteiger partial charge on any atom is 0.119 e. The molecule has 1 radical (unpaired) electrons. The molecule has 1 rings (SSSR count). The van der Waals surface area contributed by atoms with Gasteiger partial charge < -0.3 is 15.2 Å². The molecule has 2 N–H and O–H groups in total. The molecule has 3 heteroatoms. The first-order valence-corrected chi connectivity index (χ1v) is 4.84. The van der Waals surface area contributed by atoms with Crippen LogP contribution >= 0.6 is 0 Å². The van der Waals surface area contributed by atoms with Crippen molar-refractivity contribution in [3.05, 3.63) is 30.3 Å². The number of rotatable bonds is 7. The smallest absolute Gasteiger partial charge is 0.119 e. The summed E-state index contributed by atoms with van der Waals surface area (Å²) in [5.74, 6) is 0.880. The van der Waals surface area contributed by atoms with Crippen LogP contribution in [0, 0.1) is 6.07 Å². The second kappa shape index (κ2) is 7.35. The summed E-state index contributed by atoms with van der Waals surface area (Å²) >= 11 is 0. The van der Waals surface area contributed by atoms with E-state index in [1.165, 1.54) is 0 Å². The summed E-state index contributed by atoms with van der Waals surface area (Å²) in [6, 6.07) is 10.4. The minimum atomic E-state index is 0.190. The highest BCUT2D eigenvalue weighted by Gasteiger charge is 1.91. The molecule has 1 aromatic carbocycles. The van der Waals surface area contributed by atoms with Gasteiger partial charge >= 0.3 is 0 Å². The Morgan fingerprint density at radius 2 is 2.07 bits per heavy atom. The molecule has 0 aliphatic heterocycles. The Bertz CT molecular complexity index is 226. The Morgan fingerprint density at radius 1 is 1.29 bits per heavy atom. The largest absolute Gasteiger partial charge is 0.494 e. The average molecular weight is 194 g/mol. The Balaban J connectivity index is 1.99. The molecule has 0 unspecified atom stereocenters. The summed E-state index contributed by atoms with van der Waals surface area (Å²) in [7, 11) is 0. The second-order valence-electron chi connectivity index (χ2n) is 2.91. The summed E-state index contributed by atoms with van der Waals surface area (Å²) in [4.78, 5) is 0. The second-order valence-corrected chi connectivity index (χ2v) is 2.91. The first-order chi connectivity index (χ1) is 6.93. The van der Waals surface area contributed by atoms with Gasteiger partial charge in [0.2, 0.25) is 0 Å². The van der Waals surface area contributed by atoms with Crippen LogP contribution in [0.2, 0.25) is 0 Å². The summed E-state index contributed by atoms with van der Waals surface area (Å²) < 4.78 is 5.46. The fourth-order valence-corrected chi connectivity index (χ4v) is 1.06. The Labute approximate surface area is 84.7 Å². The third-order valence-electron chi connectivity index (χ3n) is 1.74. The van der Waals surface area contributed by atoms with Crippen LogP contribution in [0.15, 0.2) is 24.3 Å². The molecule has 0 spiro atoms. The van der Waals surface area contributed by atoms with Gasteiger partial charge in [0.25, 0.3) is 0 Å². The van der Waals surface area contributed by atoms with Gasteiger partial charge in [-0.3, -0.25) is 0 Å². The molecule has 1 aromatic rings. The number of benzene rings is 1.